The summed E-state index contributed by atoms with van der Waals surface area (Å²) < 4.78 is 3.85. The molecular weight excluding hydrogens is 426 g/mol. The van der Waals surface area contributed by atoms with E-state index in [4.69, 9.17) is 4.98 Å². The molecule has 0 radical (unpaired) electrons. The van der Waals surface area contributed by atoms with Crippen LogP contribution in [0.4, 0.5) is 0 Å². The summed E-state index contributed by atoms with van der Waals surface area (Å²) in [5, 5.41) is 14.1. The minimum absolute atomic E-state index is 0.0134. The molecule has 0 aliphatic carbocycles. The van der Waals surface area contributed by atoms with Crippen LogP contribution in [-0.4, -0.2) is 46.7 Å². The number of pyridine rings is 2. The Morgan fingerprint density at radius 2 is 1.94 bits per heavy atom. The highest BCUT2D eigenvalue weighted by molar-refractivity contribution is 6.05. The molecule has 5 aromatic rings. The molecule has 1 saturated heterocycles. The van der Waals surface area contributed by atoms with Crippen LogP contribution in [0, 0.1) is 13.8 Å². The van der Waals surface area contributed by atoms with Crippen LogP contribution < -0.4 is 0 Å². The van der Waals surface area contributed by atoms with Crippen molar-refractivity contribution in [3.63, 3.8) is 0 Å². The number of nitrogens with zero attached hydrogens (tertiary/aromatic N) is 7. The van der Waals surface area contributed by atoms with Crippen molar-refractivity contribution in [1.29, 1.82) is 0 Å². The van der Waals surface area contributed by atoms with Crippen LogP contribution in [0.2, 0.25) is 0 Å². The second-order valence-electron chi connectivity index (χ2n) is 8.98. The quantitative estimate of drug-likeness (QED) is 0.411. The molecule has 1 aliphatic heterocycles. The molecule has 6 rings (SSSR count). The molecule has 8 heteroatoms. The van der Waals surface area contributed by atoms with Gasteiger partial charge < -0.3 is 4.90 Å². The van der Waals surface area contributed by atoms with Gasteiger partial charge in [-0.15, -0.1) is 10.2 Å². The Morgan fingerprint density at radius 1 is 1.09 bits per heavy atom. The van der Waals surface area contributed by atoms with Gasteiger partial charge in [-0.25, -0.2) is 9.67 Å². The number of likely N-dealkylation sites (tertiary alicyclic amines) is 1. The van der Waals surface area contributed by atoms with Crippen molar-refractivity contribution in [1.82, 2.24) is 34.3 Å². The topological polar surface area (TPSA) is 81.2 Å². The van der Waals surface area contributed by atoms with E-state index >= 15 is 0 Å². The maximum atomic E-state index is 13.9. The highest BCUT2D eigenvalue weighted by Gasteiger charge is 2.34. The Kier molecular flexibility index (Phi) is 4.86. The summed E-state index contributed by atoms with van der Waals surface area (Å²) in [5.74, 6) is 0.791. The van der Waals surface area contributed by atoms with Crippen molar-refractivity contribution in [3.8, 4) is 0 Å². The van der Waals surface area contributed by atoms with Crippen LogP contribution in [0.25, 0.3) is 16.7 Å². The van der Waals surface area contributed by atoms with Gasteiger partial charge in [0.2, 0.25) is 0 Å². The second-order valence-corrected chi connectivity index (χ2v) is 8.98. The maximum Gasteiger partial charge on any atom is 0.255 e. The molecule has 170 valence electrons. The van der Waals surface area contributed by atoms with Crippen LogP contribution in [0.5, 0.6) is 0 Å². The number of rotatable bonds is 4. The van der Waals surface area contributed by atoms with E-state index in [2.05, 4.69) is 46.5 Å². The molecule has 1 aromatic carbocycles. The highest BCUT2D eigenvalue weighted by atomic mass is 16.2. The Hall–Kier alpha value is -4.07. The summed E-state index contributed by atoms with van der Waals surface area (Å²) in [6.07, 6.45) is 5.51. The van der Waals surface area contributed by atoms with Gasteiger partial charge in [0, 0.05) is 18.4 Å². The zero-order chi connectivity index (χ0) is 23.2. The summed E-state index contributed by atoms with van der Waals surface area (Å²) in [7, 11) is 0. The van der Waals surface area contributed by atoms with E-state index in [9.17, 15) is 4.79 Å². The molecule has 0 unspecified atom stereocenters. The highest BCUT2D eigenvalue weighted by Crippen LogP contribution is 2.33. The van der Waals surface area contributed by atoms with Crippen molar-refractivity contribution in [2.45, 2.75) is 39.3 Å². The van der Waals surface area contributed by atoms with Gasteiger partial charge >= 0.3 is 0 Å². The Bertz CT molecular complexity index is 1520. The van der Waals surface area contributed by atoms with E-state index in [0.29, 0.717) is 18.7 Å². The van der Waals surface area contributed by atoms with Crippen LogP contribution >= 0.6 is 0 Å². The largest absolute Gasteiger partial charge is 0.328 e. The number of aryl methyl sites for hydroxylation is 2. The summed E-state index contributed by atoms with van der Waals surface area (Å²) in [4.78, 5) is 20.5. The zero-order valence-electron chi connectivity index (χ0n) is 19.2. The van der Waals surface area contributed by atoms with E-state index in [1.165, 1.54) is 5.56 Å². The molecular formula is C26H25N7O. The molecule has 5 heterocycles. The van der Waals surface area contributed by atoms with Gasteiger partial charge in [-0.2, -0.15) is 5.10 Å². The van der Waals surface area contributed by atoms with Crippen LogP contribution in [-0.2, 0) is 6.54 Å². The molecule has 1 aliphatic rings. The summed E-state index contributed by atoms with van der Waals surface area (Å²) >= 11 is 0. The number of hydrogen-bond acceptors (Lipinski definition) is 5. The van der Waals surface area contributed by atoms with Gasteiger partial charge in [-0.1, -0.05) is 35.9 Å². The second kappa shape index (κ2) is 8.06. The fourth-order valence-electron chi connectivity index (χ4n) is 4.85. The maximum absolute atomic E-state index is 13.9. The van der Waals surface area contributed by atoms with Crippen molar-refractivity contribution in [2.24, 2.45) is 0 Å². The summed E-state index contributed by atoms with van der Waals surface area (Å²) in [5.41, 5.74) is 5.31. The lowest BCUT2D eigenvalue weighted by molar-refractivity contribution is 0.0731. The van der Waals surface area contributed by atoms with Gasteiger partial charge in [0.15, 0.2) is 17.1 Å². The lowest BCUT2D eigenvalue weighted by Gasteiger charge is -2.24. The lowest BCUT2D eigenvalue weighted by Crippen LogP contribution is -2.31. The average molecular weight is 452 g/mol. The monoisotopic (exact) mass is 451 g/mol. The van der Waals surface area contributed by atoms with Gasteiger partial charge in [0.1, 0.15) is 0 Å². The van der Waals surface area contributed by atoms with Crippen molar-refractivity contribution in [2.75, 3.05) is 6.54 Å². The Balaban J connectivity index is 1.37. The van der Waals surface area contributed by atoms with Crippen LogP contribution in [0.3, 0.4) is 0 Å². The molecule has 0 spiro atoms. The first kappa shape index (κ1) is 20.5. The van der Waals surface area contributed by atoms with Gasteiger partial charge in [0.25, 0.3) is 5.91 Å². The third kappa shape index (κ3) is 3.42. The van der Waals surface area contributed by atoms with E-state index in [0.717, 1.165) is 46.6 Å². The van der Waals surface area contributed by atoms with Crippen molar-refractivity contribution >= 4 is 22.6 Å². The summed E-state index contributed by atoms with van der Waals surface area (Å²) in [6.45, 7) is 5.29. The van der Waals surface area contributed by atoms with Crippen LogP contribution in [0.1, 0.15) is 51.9 Å². The third-order valence-corrected chi connectivity index (χ3v) is 6.57. The first-order chi connectivity index (χ1) is 16.6. The number of aromatic nitrogens is 6. The fourth-order valence-corrected chi connectivity index (χ4v) is 4.85. The number of hydrogen-bond donors (Lipinski definition) is 0. The molecule has 34 heavy (non-hydrogen) atoms. The number of carbonyl (C=O) groups excluding carboxylic acids is 1. The third-order valence-electron chi connectivity index (χ3n) is 6.57. The Morgan fingerprint density at radius 3 is 2.79 bits per heavy atom. The molecule has 1 fully saturated rings. The fraction of sp³-hybridized carbons (Fsp3) is 0.269. The average Bonchev–Trinajstić information content (AvgIpc) is 3.58. The predicted molar refractivity (Wildman–Crippen MR) is 129 cm³/mol. The minimum Gasteiger partial charge on any atom is -0.328 e. The van der Waals surface area contributed by atoms with E-state index in [1.807, 2.05) is 51.4 Å². The van der Waals surface area contributed by atoms with E-state index < -0.39 is 0 Å². The SMILES string of the molecule is Cc1ccc(Cn2ncc3c(C(=O)N4CCC[C@H]4c4nnc5ccccn45)cc(C)nc32)cc1. The van der Waals surface area contributed by atoms with Gasteiger partial charge in [-0.3, -0.25) is 9.20 Å². The number of carbonyl (C=O) groups is 1. The van der Waals surface area contributed by atoms with Gasteiger partial charge in [-0.05, 0) is 50.5 Å². The lowest BCUT2D eigenvalue weighted by atomic mass is 10.1. The molecule has 8 nitrogen and oxygen atoms in total. The summed E-state index contributed by atoms with van der Waals surface area (Å²) in [6, 6.07) is 16.0. The number of benzene rings is 1. The normalized spacial score (nSPS) is 16.1. The van der Waals surface area contributed by atoms with Gasteiger partial charge in [0.05, 0.1) is 29.7 Å². The van der Waals surface area contributed by atoms with Crippen LogP contribution in [0.15, 0.2) is 60.9 Å². The van der Waals surface area contributed by atoms with E-state index in [1.54, 1.807) is 6.20 Å². The van der Waals surface area contributed by atoms with E-state index in [-0.39, 0.29) is 11.9 Å². The first-order valence-electron chi connectivity index (χ1n) is 11.6. The van der Waals surface area contributed by atoms with Crippen molar-refractivity contribution in [3.05, 3.63) is 89.1 Å². The molecule has 1 amide bonds. The first-order valence-corrected chi connectivity index (χ1v) is 11.6. The van der Waals surface area contributed by atoms with Crippen molar-refractivity contribution < 1.29 is 4.79 Å². The number of amides is 1. The molecule has 4 aromatic heterocycles. The zero-order valence-corrected chi connectivity index (χ0v) is 19.2. The Labute approximate surface area is 196 Å². The smallest absolute Gasteiger partial charge is 0.255 e. The standard InChI is InChI=1S/C26H25N7O/c1-17-8-10-19(11-9-17)16-33-24-21(15-27-33)20(14-18(2)28-24)26(34)31-13-5-6-22(31)25-30-29-23-7-3-4-12-32(23)25/h3-4,7-12,14-15,22H,5-6,13,16H2,1-2H3/t22-/m0/s1. The molecule has 1 atom stereocenters. The predicted octanol–water partition coefficient (Wildman–Crippen LogP) is 4.12. The minimum atomic E-state index is -0.115. The molecule has 0 N–H and O–H groups in total. The molecule has 0 bridgehead atoms. The molecule has 0 saturated carbocycles. The number of fused-ring (bicyclic) bond motifs is 2.